The molecule has 2 amide bonds. The van der Waals surface area contributed by atoms with Gasteiger partial charge >= 0.3 is 12.1 Å². The lowest BCUT2D eigenvalue weighted by molar-refractivity contribution is -0.136. The maximum Gasteiger partial charge on any atom is 0.411 e. The van der Waals surface area contributed by atoms with Crippen LogP contribution in [-0.4, -0.2) is 36.2 Å². The highest BCUT2D eigenvalue weighted by atomic mass is 16.5. The summed E-state index contributed by atoms with van der Waals surface area (Å²) in [5.41, 5.74) is 5.46. The van der Waals surface area contributed by atoms with Crippen LogP contribution < -0.4 is 10.6 Å². The van der Waals surface area contributed by atoms with Crippen LogP contribution in [0.5, 0.6) is 0 Å². The van der Waals surface area contributed by atoms with Gasteiger partial charge in [0.05, 0.1) is 6.42 Å². The summed E-state index contributed by atoms with van der Waals surface area (Å²) in [5, 5.41) is 13.8. The monoisotopic (exact) mass is 430 g/mol. The Bertz CT molecular complexity index is 1110. The number of hydrogen-bond acceptors (Lipinski definition) is 4. The molecule has 0 aromatic heterocycles. The average molecular weight is 430 g/mol. The van der Waals surface area contributed by atoms with Gasteiger partial charge in [0.25, 0.3) is 5.91 Å². The first-order valence-electron chi connectivity index (χ1n) is 10.2. The molecule has 0 fully saturated rings. The molecule has 4 rings (SSSR count). The van der Waals surface area contributed by atoms with Gasteiger partial charge in [-0.2, -0.15) is 0 Å². The zero-order valence-corrected chi connectivity index (χ0v) is 17.2. The molecule has 32 heavy (non-hydrogen) atoms. The van der Waals surface area contributed by atoms with Crippen LogP contribution in [-0.2, 0) is 9.53 Å². The Morgan fingerprint density at radius 3 is 2.03 bits per heavy atom. The van der Waals surface area contributed by atoms with Crippen LogP contribution in [0.25, 0.3) is 11.1 Å². The summed E-state index contributed by atoms with van der Waals surface area (Å²) < 4.78 is 5.51. The van der Waals surface area contributed by atoms with Crippen molar-refractivity contribution in [2.75, 3.05) is 18.5 Å². The number of rotatable bonds is 7. The predicted octanol–water partition coefficient (Wildman–Crippen LogP) is 4.25. The van der Waals surface area contributed by atoms with Gasteiger partial charge in [-0.25, -0.2) is 4.79 Å². The van der Waals surface area contributed by atoms with Gasteiger partial charge in [0.2, 0.25) is 0 Å². The SMILES string of the molecule is O=C(O)CCNC(=O)c1ccc(NC(=O)OCC2c3ccccc3-c3ccccc32)cc1. The van der Waals surface area contributed by atoms with E-state index in [1.807, 2.05) is 24.3 Å². The van der Waals surface area contributed by atoms with Crippen LogP contribution >= 0.6 is 0 Å². The summed E-state index contributed by atoms with van der Waals surface area (Å²) in [6.45, 7) is 0.262. The molecule has 0 unspecified atom stereocenters. The molecular formula is C25H22N2O5. The minimum atomic E-state index is -0.979. The van der Waals surface area contributed by atoms with Crippen molar-refractivity contribution in [3.63, 3.8) is 0 Å². The minimum Gasteiger partial charge on any atom is -0.481 e. The fourth-order valence-electron chi connectivity index (χ4n) is 3.84. The molecule has 162 valence electrons. The third-order valence-corrected chi connectivity index (χ3v) is 5.36. The first kappa shape index (κ1) is 21.1. The highest BCUT2D eigenvalue weighted by Crippen LogP contribution is 2.44. The molecule has 0 saturated heterocycles. The largest absolute Gasteiger partial charge is 0.481 e. The molecule has 0 radical (unpaired) electrons. The fraction of sp³-hybridized carbons (Fsp3) is 0.160. The Morgan fingerprint density at radius 2 is 1.44 bits per heavy atom. The predicted molar refractivity (Wildman–Crippen MR) is 120 cm³/mol. The van der Waals surface area contributed by atoms with Crippen molar-refractivity contribution in [1.82, 2.24) is 5.32 Å². The summed E-state index contributed by atoms with van der Waals surface area (Å²) in [7, 11) is 0. The Kier molecular flexibility index (Phi) is 6.17. The molecule has 3 aromatic carbocycles. The molecular weight excluding hydrogens is 408 g/mol. The van der Waals surface area contributed by atoms with Gasteiger partial charge in [0, 0.05) is 23.7 Å². The topological polar surface area (TPSA) is 105 Å². The zero-order chi connectivity index (χ0) is 22.5. The molecule has 3 N–H and O–H groups in total. The molecule has 0 spiro atoms. The number of benzene rings is 3. The minimum absolute atomic E-state index is 0.0231. The number of carboxylic acid groups (broad SMARTS) is 1. The Morgan fingerprint density at radius 1 is 0.844 bits per heavy atom. The van der Waals surface area contributed by atoms with E-state index in [2.05, 4.69) is 34.9 Å². The highest BCUT2D eigenvalue weighted by Gasteiger charge is 2.29. The third kappa shape index (κ3) is 4.62. The molecule has 1 aliphatic rings. The molecule has 0 aliphatic heterocycles. The number of aliphatic carboxylic acids is 1. The van der Waals surface area contributed by atoms with Crippen LogP contribution in [0.15, 0.2) is 72.8 Å². The highest BCUT2D eigenvalue weighted by molar-refractivity contribution is 5.95. The average Bonchev–Trinajstić information content (AvgIpc) is 3.12. The lowest BCUT2D eigenvalue weighted by Crippen LogP contribution is -2.26. The van der Waals surface area contributed by atoms with E-state index >= 15 is 0 Å². The second-order valence-corrected chi connectivity index (χ2v) is 7.43. The first-order chi connectivity index (χ1) is 15.5. The quantitative estimate of drug-likeness (QED) is 0.520. The molecule has 1 aliphatic carbocycles. The summed E-state index contributed by atoms with van der Waals surface area (Å²) in [4.78, 5) is 34.9. The zero-order valence-electron chi connectivity index (χ0n) is 17.2. The van der Waals surface area contributed by atoms with Crippen molar-refractivity contribution in [2.45, 2.75) is 12.3 Å². The van der Waals surface area contributed by atoms with Crippen LogP contribution in [0, 0.1) is 0 Å². The lowest BCUT2D eigenvalue weighted by Gasteiger charge is -2.14. The van der Waals surface area contributed by atoms with Gasteiger partial charge in [-0.05, 0) is 46.5 Å². The van der Waals surface area contributed by atoms with Crippen molar-refractivity contribution in [3.8, 4) is 11.1 Å². The molecule has 7 nitrogen and oxygen atoms in total. The number of anilines is 1. The Hall–Kier alpha value is -4.13. The van der Waals surface area contributed by atoms with E-state index in [0.717, 1.165) is 22.3 Å². The van der Waals surface area contributed by atoms with Gasteiger partial charge in [-0.1, -0.05) is 48.5 Å². The van der Waals surface area contributed by atoms with E-state index in [1.165, 1.54) is 0 Å². The van der Waals surface area contributed by atoms with Gasteiger partial charge < -0.3 is 15.2 Å². The number of amides is 2. The lowest BCUT2D eigenvalue weighted by atomic mass is 9.98. The number of nitrogens with one attached hydrogen (secondary N) is 2. The van der Waals surface area contributed by atoms with Crippen LogP contribution in [0.2, 0.25) is 0 Å². The third-order valence-electron chi connectivity index (χ3n) is 5.36. The molecule has 3 aromatic rings. The van der Waals surface area contributed by atoms with Crippen molar-refractivity contribution in [1.29, 1.82) is 0 Å². The second kappa shape index (κ2) is 9.34. The maximum absolute atomic E-state index is 12.3. The van der Waals surface area contributed by atoms with Crippen molar-refractivity contribution in [3.05, 3.63) is 89.5 Å². The smallest absolute Gasteiger partial charge is 0.411 e. The molecule has 0 heterocycles. The van der Waals surface area contributed by atoms with E-state index < -0.39 is 12.1 Å². The normalized spacial score (nSPS) is 11.9. The van der Waals surface area contributed by atoms with Crippen LogP contribution in [0.4, 0.5) is 10.5 Å². The summed E-state index contributed by atoms with van der Waals surface area (Å²) in [6.07, 6.45) is -0.724. The van der Waals surface area contributed by atoms with Gasteiger partial charge in [-0.15, -0.1) is 0 Å². The van der Waals surface area contributed by atoms with Crippen LogP contribution in [0.1, 0.15) is 33.8 Å². The molecule has 0 bridgehead atoms. The van der Waals surface area contributed by atoms with E-state index in [4.69, 9.17) is 9.84 Å². The Balaban J connectivity index is 1.34. The summed E-state index contributed by atoms with van der Waals surface area (Å²) >= 11 is 0. The van der Waals surface area contributed by atoms with Crippen LogP contribution in [0.3, 0.4) is 0 Å². The number of carbonyl (C=O) groups excluding carboxylic acids is 2. The number of fused-ring (bicyclic) bond motifs is 3. The Labute approximate surface area is 185 Å². The molecule has 0 atom stereocenters. The van der Waals surface area contributed by atoms with Crippen molar-refractivity contribution >= 4 is 23.7 Å². The van der Waals surface area contributed by atoms with Gasteiger partial charge in [0.1, 0.15) is 6.61 Å². The second-order valence-electron chi connectivity index (χ2n) is 7.43. The first-order valence-corrected chi connectivity index (χ1v) is 10.2. The molecule has 7 heteroatoms. The van der Waals surface area contributed by atoms with Crippen molar-refractivity contribution in [2.24, 2.45) is 0 Å². The number of hydrogen-bond donors (Lipinski definition) is 3. The van der Waals surface area contributed by atoms with Gasteiger partial charge in [-0.3, -0.25) is 14.9 Å². The number of carbonyl (C=O) groups is 3. The fourth-order valence-corrected chi connectivity index (χ4v) is 3.84. The number of ether oxygens (including phenoxy) is 1. The van der Waals surface area contributed by atoms with E-state index in [1.54, 1.807) is 24.3 Å². The summed E-state index contributed by atoms with van der Waals surface area (Å²) in [6, 6.07) is 22.5. The van der Waals surface area contributed by atoms with Gasteiger partial charge in [0.15, 0.2) is 0 Å². The van der Waals surface area contributed by atoms with E-state index in [0.29, 0.717) is 11.3 Å². The van der Waals surface area contributed by atoms with E-state index in [9.17, 15) is 14.4 Å². The van der Waals surface area contributed by atoms with Crippen molar-refractivity contribution < 1.29 is 24.2 Å². The molecule has 0 saturated carbocycles. The summed E-state index contributed by atoms with van der Waals surface area (Å²) in [5.74, 6) is -1.38. The number of carboxylic acids is 1. The standard InChI is InChI=1S/C25H22N2O5/c28-23(29)13-14-26-24(30)16-9-11-17(12-10-16)27-25(31)32-15-22-20-7-3-1-5-18(20)19-6-2-4-8-21(19)22/h1-12,22H,13-15H2,(H,26,30)(H,27,31)(H,28,29). The van der Waals surface area contributed by atoms with E-state index in [-0.39, 0.29) is 31.4 Å². The maximum atomic E-state index is 12.3.